The van der Waals surface area contributed by atoms with E-state index in [1.807, 2.05) is 6.07 Å². The lowest BCUT2D eigenvalue weighted by Gasteiger charge is -2.24. The monoisotopic (exact) mass is 232 g/mol. The van der Waals surface area contributed by atoms with E-state index in [0.717, 1.165) is 30.8 Å². The van der Waals surface area contributed by atoms with Gasteiger partial charge in [-0.25, -0.2) is 4.39 Å². The molecule has 1 saturated heterocycles. The van der Waals surface area contributed by atoms with Crippen molar-refractivity contribution in [2.45, 2.75) is 18.9 Å². The zero-order chi connectivity index (χ0) is 11.7. The number of halogens is 1. The van der Waals surface area contributed by atoms with Crippen LogP contribution in [0.3, 0.4) is 0 Å². The van der Waals surface area contributed by atoms with Gasteiger partial charge in [0.25, 0.3) is 0 Å². The summed E-state index contributed by atoms with van der Waals surface area (Å²) in [6, 6.07) is 3.69. The highest BCUT2D eigenvalue weighted by molar-refractivity contribution is 5.42. The number of nitrogens with zero attached hydrogens (tertiary/aromatic N) is 3. The average molecular weight is 232 g/mol. The van der Waals surface area contributed by atoms with Crippen LogP contribution in [-0.2, 0) is 0 Å². The maximum absolute atomic E-state index is 13.2. The van der Waals surface area contributed by atoms with E-state index in [4.69, 9.17) is 0 Å². The molecule has 3 heterocycles. The van der Waals surface area contributed by atoms with Crippen molar-refractivity contribution in [1.82, 2.24) is 15.2 Å². The number of hydrogen-bond acceptors (Lipinski definition) is 3. The summed E-state index contributed by atoms with van der Waals surface area (Å²) in [5, 5.41) is 6.91. The van der Waals surface area contributed by atoms with Gasteiger partial charge in [0.1, 0.15) is 11.6 Å². The number of hydrogen-bond donors (Lipinski definition) is 1. The van der Waals surface area contributed by atoms with Crippen molar-refractivity contribution >= 4 is 5.82 Å². The van der Waals surface area contributed by atoms with Crippen LogP contribution in [0.1, 0.15) is 24.4 Å². The maximum Gasteiger partial charge on any atom is 0.141 e. The lowest BCUT2D eigenvalue weighted by Crippen LogP contribution is -2.23. The van der Waals surface area contributed by atoms with E-state index in [1.54, 1.807) is 18.5 Å². The third-order valence-corrected chi connectivity index (χ3v) is 3.16. The predicted molar refractivity (Wildman–Crippen MR) is 62.1 cm³/mol. The summed E-state index contributed by atoms with van der Waals surface area (Å²) in [5.74, 6) is 0.704. The smallest absolute Gasteiger partial charge is 0.141 e. The summed E-state index contributed by atoms with van der Waals surface area (Å²) in [6.07, 6.45) is 6.82. The van der Waals surface area contributed by atoms with Crippen LogP contribution < -0.4 is 4.90 Å². The van der Waals surface area contributed by atoms with Crippen molar-refractivity contribution in [2.24, 2.45) is 0 Å². The normalized spacial score (nSPS) is 19.8. The number of aromatic nitrogens is 3. The van der Waals surface area contributed by atoms with Crippen molar-refractivity contribution in [3.05, 3.63) is 42.1 Å². The number of pyridine rings is 1. The molecular weight excluding hydrogens is 219 g/mol. The highest BCUT2D eigenvalue weighted by Gasteiger charge is 2.27. The molecule has 0 aromatic carbocycles. The zero-order valence-electron chi connectivity index (χ0n) is 9.31. The first-order valence-corrected chi connectivity index (χ1v) is 5.71. The molecule has 2 aromatic heterocycles. The van der Waals surface area contributed by atoms with Crippen LogP contribution in [0.25, 0.3) is 0 Å². The fraction of sp³-hybridized carbons (Fsp3) is 0.333. The van der Waals surface area contributed by atoms with Gasteiger partial charge in [-0.05, 0) is 24.5 Å². The average Bonchev–Trinajstić information content (AvgIpc) is 3.00. The summed E-state index contributed by atoms with van der Waals surface area (Å²) in [6.45, 7) is 0.962. The molecule has 88 valence electrons. The first-order chi connectivity index (χ1) is 8.34. The third kappa shape index (κ3) is 1.88. The number of aromatic amines is 1. The van der Waals surface area contributed by atoms with Gasteiger partial charge in [0, 0.05) is 18.8 Å². The van der Waals surface area contributed by atoms with Crippen LogP contribution in [0.2, 0.25) is 0 Å². The number of H-pyrrole nitrogens is 1. The molecule has 5 heteroatoms. The van der Waals surface area contributed by atoms with Crippen LogP contribution in [0.15, 0.2) is 30.7 Å². The van der Waals surface area contributed by atoms with E-state index >= 15 is 0 Å². The van der Waals surface area contributed by atoms with Gasteiger partial charge in [-0.15, -0.1) is 0 Å². The van der Waals surface area contributed by atoms with Gasteiger partial charge < -0.3 is 4.90 Å². The summed E-state index contributed by atoms with van der Waals surface area (Å²) in [5.41, 5.74) is 0.928. The third-order valence-electron chi connectivity index (χ3n) is 3.16. The van der Waals surface area contributed by atoms with Crippen LogP contribution in [-0.4, -0.2) is 21.7 Å². The highest BCUT2D eigenvalue weighted by atomic mass is 19.1. The van der Waals surface area contributed by atoms with E-state index in [9.17, 15) is 4.39 Å². The molecule has 0 radical (unpaired) electrons. The summed E-state index contributed by atoms with van der Waals surface area (Å²) < 4.78 is 13.2. The van der Waals surface area contributed by atoms with E-state index in [1.165, 1.54) is 6.20 Å². The minimum atomic E-state index is -0.279. The molecule has 4 nitrogen and oxygen atoms in total. The van der Waals surface area contributed by atoms with Crippen molar-refractivity contribution in [3.8, 4) is 0 Å². The quantitative estimate of drug-likeness (QED) is 0.864. The number of anilines is 1. The molecule has 1 N–H and O–H groups in total. The summed E-state index contributed by atoms with van der Waals surface area (Å²) in [4.78, 5) is 6.13. The minimum absolute atomic E-state index is 0.193. The van der Waals surface area contributed by atoms with Gasteiger partial charge in [0.05, 0.1) is 18.4 Å². The second kappa shape index (κ2) is 4.16. The molecule has 1 aliphatic rings. The highest BCUT2D eigenvalue weighted by Crippen LogP contribution is 2.34. The SMILES string of the molecule is Fc1cncc([C@H]2CCCN2c2ccn[nH]2)c1. The number of nitrogens with one attached hydrogen (secondary N) is 1. The molecule has 0 bridgehead atoms. The second-order valence-corrected chi connectivity index (χ2v) is 4.23. The summed E-state index contributed by atoms with van der Waals surface area (Å²) >= 11 is 0. The fourth-order valence-electron chi connectivity index (χ4n) is 2.42. The maximum atomic E-state index is 13.2. The Bertz CT molecular complexity index is 497. The molecule has 0 spiro atoms. The van der Waals surface area contributed by atoms with Gasteiger partial charge in [0.15, 0.2) is 0 Å². The minimum Gasteiger partial charge on any atom is -0.350 e. The number of rotatable bonds is 2. The lowest BCUT2D eigenvalue weighted by molar-refractivity contribution is 0.610. The molecule has 2 aromatic rings. The molecule has 0 saturated carbocycles. The molecule has 0 amide bonds. The molecular formula is C12H13FN4. The van der Waals surface area contributed by atoms with E-state index < -0.39 is 0 Å². The van der Waals surface area contributed by atoms with E-state index in [-0.39, 0.29) is 11.9 Å². The predicted octanol–water partition coefficient (Wildman–Crippen LogP) is 2.29. The van der Waals surface area contributed by atoms with E-state index in [0.29, 0.717) is 0 Å². The molecule has 0 aliphatic carbocycles. The molecule has 17 heavy (non-hydrogen) atoms. The van der Waals surface area contributed by atoms with Gasteiger partial charge >= 0.3 is 0 Å². The standard InChI is InChI=1S/C12H13FN4/c13-10-6-9(7-14-8-10)11-2-1-5-17(11)12-3-4-15-16-12/h3-4,6-8,11H,1-2,5H2,(H,15,16)/t11-/m1/s1. The zero-order valence-corrected chi connectivity index (χ0v) is 9.31. The molecule has 1 aliphatic heterocycles. The van der Waals surface area contributed by atoms with Crippen molar-refractivity contribution in [1.29, 1.82) is 0 Å². The Balaban J connectivity index is 1.92. The van der Waals surface area contributed by atoms with Gasteiger partial charge in [-0.3, -0.25) is 10.1 Å². The topological polar surface area (TPSA) is 44.8 Å². The van der Waals surface area contributed by atoms with E-state index in [2.05, 4.69) is 20.1 Å². The van der Waals surface area contributed by atoms with Gasteiger partial charge in [-0.2, -0.15) is 5.10 Å². The van der Waals surface area contributed by atoms with Crippen molar-refractivity contribution in [2.75, 3.05) is 11.4 Å². The van der Waals surface area contributed by atoms with Crippen LogP contribution in [0.4, 0.5) is 10.2 Å². The van der Waals surface area contributed by atoms with Crippen LogP contribution >= 0.6 is 0 Å². The van der Waals surface area contributed by atoms with Crippen LogP contribution in [0.5, 0.6) is 0 Å². The van der Waals surface area contributed by atoms with Crippen molar-refractivity contribution in [3.63, 3.8) is 0 Å². The Labute approximate surface area is 98.5 Å². The van der Waals surface area contributed by atoms with Gasteiger partial charge in [-0.1, -0.05) is 0 Å². The first kappa shape index (κ1) is 10.3. The molecule has 1 atom stereocenters. The Morgan fingerprint density at radius 2 is 2.35 bits per heavy atom. The first-order valence-electron chi connectivity index (χ1n) is 5.71. The molecule has 1 fully saturated rings. The Hall–Kier alpha value is -1.91. The Kier molecular flexibility index (Phi) is 2.51. The largest absolute Gasteiger partial charge is 0.350 e. The molecule has 0 unspecified atom stereocenters. The fourth-order valence-corrected chi connectivity index (χ4v) is 2.42. The summed E-state index contributed by atoms with van der Waals surface area (Å²) in [7, 11) is 0. The Morgan fingerprint density at radius 1 is 1.41 bits per heavy atom. The molecule has 3 rings (SSSR count). The Morgan fingerprint density at radius 3 is 3.12 bits per heavy atom. The van der Waals surface area contributed by atoms with Gasteiger partial charge in [0.2, 0.25) is 0 Å². The van der Waals surface area contributed by atoms with Crippen molar-refractivity contribution < 1.29 is 4.39 Å². The second-order valence-electron chi connectivity index (χ2n) is 4.23. The van der Waals surface area contributed by atoms with Crippen LogP contribution in [0, 0.1) is 5.82 Å². The lowest BCUT2D eigenvalue weighted by atomic mass is 10.1.